The van der Waals surface area contributed by atoms with E-state index >= 15 is 0 Å². The second-order valence-corrected chi connectivity index (χ2v) is 5.50. The van der Waals surface area contributed by atoms with Gasteiger partial charge in [0.15, 0.2) is 5.84 Å². The van der Waals surface area contributed by atoms with Crippen LogP contribution in [0.1, 0.15) is 25.3 Å². The molecule has 1 heterocycles. The van der Waals surface area contributed by atoms with Crippen LogP contribution in [0.2, 0.25) is 0 Å². The molecule has 116 valence electrons. The number of nitrogens with two attached hydrogens (primary N) is 1. The van der Waals surface area contributed by atoms with Crippen molar-refractivity contribution >= 4 is 5.84 Å². The Hall–Kier alpha value is -1.79. The SMILES string of the molecule is CC1(NCCOc2ccc(/C(N)=N/O)cc2)CCCOC1. The van der Waals surface area contributed by atoms with E-state index in [1.54, 1.807) is 24.3 Å². The van der Waals surface area contributed by atoms with Crippen LogP contribution in [0.5, 0.6) is 5.75 Å². The molecular formula is C15H23N3O3. The van der Waals surface area contributed by atoms with Gasteiger partial charge in [-0.3, -0.25) is 0 Å². The van der Waals surface area contributed by atoms with Gasteiger partial charge >= 0.3 is 0 Å². The van der Waals surface area contributed by atoms with Crippen molar-refractivity contribution in [3.63, 3.8) is 0 Å². The number of rotatable bonds is 6. The zero-order valence-electron chi connectivity index (χ0n) is 12.3. The molecule has 1 aliphatic heterocycles. The molecule has 1 aliphatic rings. The lowest BCUT2D eigenvalue weighted by Crippen LogP contribution is -2.50. The van der Waals surface area contributed by atoms with Crippen LogP contribution in [0.25, 0.3) is 0 Å². The topological polar surface area (TPSA) is 89.1 Å². The maximum Gasteiger partial charge on any atom is 0.170 e. The minimum atomic E-state index is 0.0531. The molecule has 0 saturated carbocycles. The highest BCUT2D eigenvalue weighted by Gasteiger charge is 2.26. The molecule has 0 amide bonds. The van der Waals surface area contributed by atoms with Crippen LogP contribution in [0.3, 0.4) is 0 Å². The van der Waals surface area contributed by atoms with E-state index < -0.39 is 0 Å². The van der Waals surface area contributed by atoms with E-state index in [9.17, 15) is 0 Å². The molecule has 21 heavy (non-hydrogen) atoms. The van der Waals surface area contributed by atoms with Gasteiger partial charge in [-0.25, -0.2) is 0 Å². The molecule has 1 fully saturated rings. The average molecular weight is 293 g/mol. The molecule has 1 saturated heterocycles. The van der Waals surface area contributed by atoms with Crippen LogP contribution in [-0.2, 0) is 4.74 Å². The normalized spacial score (nSPS) is 23.0. The van der Waals surface area contributed by atoms with Gasteiger partial charge in [0.1, 0.15) is 12.4 Å². The Bertz CT molecular complexity index is 468. The third-order valence-corrected chi connectivity index (χ3v) is 3.62. The highest BCUT2D eigenvalue weighted by atomic mass is 16.5. The molecule has 4 N–H and O–H groups in total. The molecule has 1 aromatic carbocycles. The number of nitrogens with zero attached hydrogens (tertiary/aromatic N) is 1. The van der Waals surface area contributed by atoms with Crippen molar-refractivity contribution in [3.05, 3.63) is 29.8 Å². The van der Waals surface area contributed by atoms with Crippen LogP contribution < -0.4 is 15.8 Å². The average Bonchev–Trinajstić information content (AvgIpc) is 2.52. The largest absolute Gasteiger partial charge is 0.492 e. The van der Waals surface area contributed by atoms with E-state index in [2.05, 4.69) is 17.4 Å². The number of ether oxygens (including phenoxy) is 2. The zero-order chi connectivity index (χ0) is 15.1. The van der Waals surface area contributed by atoms with E-state index in [1.165, 1.54) is 0 Å². The molecule has 1 atom stereocenters. The van der Waals surface area contributed by atoms with Crippen molar-refractivity contribution in [2.45, 2.75) is 25.3 Å². The quantitative estimate of drug-likeness (QED) is 0.242. The van der Waals surface area contributed by atoms with Crippen LogP contribution in [0.4, 0.5) is 0 Å². The van der Waals surface area contributed by atoms with E-state index in [1.807, 2.05) is 0 Å². The van der Waals surface area contributed by atoms with Crippen LogP contribution in [0.15, 0.2) is 29.4 Å². The second-order valence-electron chi connectivity index (χ2n) is 5.50. The monoisotopic (exact) mass is 293 g/mol. The maximum absolute atomic E-state index is 8.59. The van der Waals surface area contributed by atoms with Crippen molar-refractivity contribution in [1.29, 1.82) is 0 Å². The molecule has 0 radical (unpaired) electrons. The second kappa shape index (κ2) is 7.28. The number of hydrogen-bond donors (Lipinski definition) is 3. The predicted octanol–water partition coefficient (Wildman–Crippen LogP) is 1.32. The molecule has 0 aromatic heterocycles. The Morgan fingerprint density at radius 1 is 1.48 bits per heavy atom. The van der Waals surface area contributed by atoms with Crippen LogP contribution >= 0.6 is 0 Å². The van der Waals surface area contributed by atoms with Gasteiger partial charge < -0.3 is 25.7 Å². The van der Waals surface area contributed by atoms with E-state index in [-0.39, 0.29) is 11.4 Å². The Labute approximate surface area is 124 Å². The first-order valence-corrected chi connectivity index (χ1v) is 7.16. The van der Waals surface area contributed by atoms with Crippen molar-refractivity contribution in [2.75, 3.05) is 26.4 Å². The number of benzene rings is 1. The van der Waals surface area contributed by atoms with E-state index in [0.717, 1.165) is 38.3 Å². The number of hydrogen-bond acceptors (Lipinski definition) is 5. The molecule has 6 nitrogen and oxygen atoms in total. The van der Waals surface area contributed by atoms with E-state index in [4.69, 9.17) is 20.4 Å². The Kier molecular flexibility index (Phi) is 5.41. The van der Waals surface area contributed by atoms with Gasteiger partial charge in [0.05, 0.1) is 6.61 Å². The summed E-state index contributed by atoms with van der Waals surface area (Å²) in [6.07, 6.45) is 2.22. The summed E-state index contributed by atoms with van der Waals surface area (Å²) in [5.41, 5.74) is 6.22. The van der Waals surface area contributed by atoms with E-state index in [0.29, 0.717) is 12.2 Å². The highest BCUT2D eigenvalue weighted by molar-refractivity contribution is 5.97. The lowest BCUT2D eigenvalue weighted by atomic mass is 9.95. The molecule has 6 heteroatoms. The van der Waals surface area contributed by atoms with Gasteiger partial charge in [-0.1, -0.05) is 5.16 Å². The minimum absolute atomic E-state index is 0.0531. The molecule has 2 rings (SSSR count). The third kappa shape index (κ3) is 4.61. The molecule has 0 spiro atoms. The Balaban J connectivity index is 1.73. The fourth-order valence-electron chi connectivity index (χ4n) is 2.37. The van der Waals surface area contributed by atoms with Crippen molar-refractivity contribution in [1.82, 2.24) is 5.32 Å². The summed E-state index contributed by atoms with van der Waals surface area (Å²) in [4.78, 5) is 0. The summed E-state index contributed by atoms with van der Waals surface area (Å²) in [5, 5.41) is 15.0. The van der Waals surface area contributed by atoms with Crippen molar-refractivity contribution in [3.8, 4) is 5.75 Å². The zero-order valence-corrected chi connectivity index (χ0v) is 12.3. The van der Waals surface area contributed by atoms with Crippen LogP contribution in [-0.4, -0.2) is 42.9 Å². The summed E-state index contributed by atoms with van der Waals surface area (Å²) < 4.78 is 11.2. The lowest BCUT2D eigenvalue weighted by molar-refractivity contribution is 0.0273. The molecule has 1 unspecified atom stereocenters. The molecule has 0 aliphatic carbocycles. The standard InChI is InChI=1S/C15H23N3O3/c1-15(7-2-9-20-11-15)17-8-10-21-13-5-3-12(4-6-13)14(16)18-19/h3-6,17,19H,2,7-11H2,1H3,(H2,16,18). The van der Waals surface area contributed by atoms with Gasteiger partial charge in [-0.15, -0.1) is 0 Å². The van der Waals surface area contributed by atoms with Gasteiger partial charge in [0.25, 0.3) is 0 Å². The van der Waals surface area contributed by atoms with Gasteiger partial charge in [-0.05, 0) is 44.0 Å². The molecule has 1 aromatic rings. The number of oxime groups is 1. The van der Waals surface area contributed by atoms with Gasteiger partial charge in [0, 0.05) is 24.3 Å². The Morgan fingerprint density at radius 2 is 2.24 bits per heavy atom. The molecular weight excluding hydrogens is 270 g/mol. The van der Waals surface area contributed by atoms with Gasteiger partial charge in [0.2, 0.25) is 0 Å². The van der Waals surface area contributed by atoms with Crippen molar-refractivity contribution < 1.29 is 14.7 Å². The smallest absolute Gasteiger partial charge is 0.170 e. The summed E-state index contributed by atoms with van der Waals surface area (Å²) >= 11 is 0. The Morgan fingerprint density at radius 3 is 2.86 bits per heavy atom. The number of nitrogens with one attached hydrogen (secondary N) is 1. The molecule has 0 bridgehead atoms. The van der Waals surface area contributed by atoms with Crippen LogP contribution in [0, 0.1) is 0 Å². The lowest BCUT2D eigenvalue weighted by Gasteiger charge is -2.34. The first kappa shape index (κ1) is 15.6. The third-order valence-electron chi connectivity index (χ3n) is 3.62. The summed E-state index contributed by atoms with van der Waals surface area (Å²) in [6, 6.07) is 7.12. The summed E-state index contributed by atoms with van der Waals surface area (Å²) in [6.45, 7) is 5.14. The van der Waals surface area contributed by atoms with Crippen molar-refractivity contribution in [2.24, 2.45) is 10.9 Å². The summed E-state index contributed by atoms with van der Waals surface area (Å²) in [5.74, 6) is 0.852. The van der Waals surface area contributed by atoms with Gasteiger partial charge in [-0.2, -0.15) is 0 Å². The first-order chi connectivity index (χ1) is 10.1. The fourth-order valence-corrected chi connectivity index (χ4v) is 2.37. The minimum Gasteiger partial charge on any atom is -0.492 e. The summed E-state index contributed by atoms with van der Waals surface area (Å²) in [7, 11) is 0. The first-order valence-electron chi connectivity index (χ1n) is 7.16. The maximum atomic E-state index is 8.59. The predicted molar refractivity (Wildman–Crippen MR) is 80.9 cm³/mol. The highest BCUT2D eigenvalue weighted by Crippen LogP contribution is 2.18. The fraction of sp³-hybridized carbons (Fsp3) is 0.533. The number of amidine groups is 1.